The van der Waals surface area contributed by atoms with E-state index in [1.54, 1.807) is 4.90 Å². The molecule has 7 rings (SSSR count). The van der Waals surface area contributed by atoms with Crippen molar-refractivity contribution in [2.24, 2.45) is 29.6 Å². The predicted molar refractivity (Wildman–Crippen MR) is 122 cm³/mol. The number of fused-ring (bicyclic) bond motifs is 1. The van der Waals surface area contributed by atoms with Crippen molar-refractivity contribution >= 4 is 28.9 Å². The summed E-state index contributed by atoms with van der Waals surface area (Å²) >= 11 is 0. The fraction of sp³-hybridized carbons (Fsp3) is 0.481. The first-order valence-corrected chi connectivity index (χ1v) is 11.9. The van der Waals surface area contributed by atoms with Gasteiger partial charge < -0.3 is 4.90 Å². The standard InChI is InChI=1S/C27H30N2O2/c30-26-17-27(31)29(22-6-2-1-3-7-22)25-9-5-4-8-24(25)28(26)11-10-23-20-13-18-12-19(15-20)16-21(23)14-18/h1-9,18-21,23H,10-17H2. The normalized spacial score (nSPS) is 31.7. The number of hydrogen-bond donors (Lipinski definition) is 0. The molecule has 0 atom stereocenters. The number of amides is 2. The van der Waals surface area contributed by atoms with Crippen LogP contribution in [0.4, 0.5) is 17.1 Å². The molecule has 1 heterocycles. The molecule has 4 bridgehead atoms. The number of hydrogen-bond acceptors (Lipinski definition) is 2. The van der Waals surface area contributed by atoms with Crippen LogP contribution in [0.25, 0.3) is 0 Å². The van der Waals surface area contributed by atoms with Crippen LogP contribution in [0.1, 0.15) is 44.9 Å². The van der Waals surface area contributed by atoms with Crippen molar-refractivity contribution in [1.82, 2.24) is 0 Å². The molecule has 31 heavy (non-hydrogen) atoms. The number of para-hydroxylation sites is 3. The summed E-state index contributed by atoms with van der Waals surface area (Å²) in [4.78, 5) is 30.0. The Morgan fingerprint density at radius 2 is 1.32 bits per heavy atom. The van der Waals surface area contributed by atoms with Crippen LogP contribution in [0.2, 0.25) is 0 Å². The molecule has 0 N–H and O–H groups in total. The third-order valence-electron chi connectivity index (χ3n) is 8.39. The average Bonchev–Trinajstić information content (AvgIpc) is 2.87. The van der Waals surface area contributed by atoms with E-state index in [4.69, 9.17) is 0 Å². The van der Waals surface area contributed by atoms with E-state index in [1.807, 2.05) is 59.5 Å². The van der Waals surface area contributed by atoms with Crippen LogP contribution in [0.5, 0.6) is 0 Å². The maximum atomic E-state index is 13.2. The van der Waals surface area contributed by atoms with Gasteiger partial charge in [-0.15, -0.1) is 0 Å². The summed E-state index contributed by atoms with van der Waals surface area (Å²) in [6.07, 6.45) is 8.07. The van der Waals surface area contributed by atoms with Crippen molar-refractivity contribution < 1.29 is 9.59 Å². The van der Waals surface area contributed by atoms with Gasteiger partial charge in [0.05, 0.1) is 11.4 Å². The molecule has 0 aromatic heterocycles. The van der Waals surface area contributed by atoms with Crippen LogP contribution in [0.3, 0.4) is 0 Å². The monoisotopic (exact) mass is 414 g/mol. The van der Waals surface area contributed by atoms with Gasteiger partial charge in [0.2, 0.25) is 11.8 Å². The lowest BCUT2D eigenvalue weighted by Crippen LogP contribution is -2.46. The third kappa shape index (κ3) is 3.28. The van der Waals surface area contributed by atoms with E-state index in [0.29, 0.717) is 0 Å². The molecule has 160 valence electrons. The SMILES string of the molecule is O=C1CC(=O)N(c2ccccc2)c2ccccc2N1CCC1C2CC3CC(C2)CC1C3. The molecule has 2 aromatic rings. The molecule has 4 heteroatoms. The highest BCUT2D eigenvalue weighted by Gasteiger charge is 2.48. The lowest BCUT2D eigenvalue weighted by Gasteiger charge is -2.54. The highest BCUT2D eigenvalue weighted by Crippen LogP contribution is 2.57. The summed E-state index contributed by atoms with van der Waals surface area (Å²) in [5, 5.41) is 0. The number of carbonyl (C=O) groups excluding carboxylic acids is 2. The Labute approximate surface area is 184 Å². The van der Waals surface area contributed by atoms with Gasteiger partial charge in [0, 0.05) is 12.2 Å². The van der Waals surface area contributed by atoms with Crippen LogP contribution >= 0.6 is 0 Å². The molecular weight excluding hydrogens is 384 g/mol. The van der Waals surface area contributed by atoms with Crippen LogP contribution in [0.15, 0.2) is 54.6 Å². The van der Waals surface area contributed by atoms with Crippen LogP contribution in [0, 0.1) is 29.6 Å². The molecule has 0 spiro atoms. The Hall–Kier alpha value is -2.62. The number of carbonyl (C=O) groups is 2. The van der Waals surface area contributed by atoms with E-state index >= 15 is 0 Å². The fourth-order valence-electron chi connectivity index (χ4n) is 7.35. The lowest BCUT2D eigenvalue weighted by atomic mass is 9.51. The van der Waals surface area contributed by atoms with E-state index in [0.717, 1.165) is 59.6 Å². The fourth-order valence-corrected chi connectivity index (χ4v) is 7.35. The van der Waals surface area contributed by atoms with Crippen molar-refractivity contribution in [1.29, 1.82) is 0 Å². The number of rotatable bonds is 4. The second-order valence-corrected chi connectivity index (χ2v) is 10.2. The Kier molecular flexibility index (Phi) is 4.62. The molecule has 4 fully saturated rings. The number of anilines is 3. The van der Waals surface area contributed by atoms with Gasteiger partial charge in [-0.05, 0) is 92.4 Å². The van der Waals surface area contributed by atoms with Gasteiger partial charge in [-0.1, -0.05) is 30.3 Å². The molecular formula is C27H30N2O2. The van der Waals surface area contributed by atoms with Gasteiger partial charge in [0.1, 0.15) is 6.42 Å². The topological polar surface area (TPSA) is 40.6 Å². The first-order chi connectivity index (χ1) is 15.2. The minimum atomic E-state index is -0.152. The second kappa shape index (κ2) is 7.51. The van der Waals surface area contributed by atoms with E-state index in [-0.39, 0.29) is 18.2 Å². The molecule has 5 aliphatic rings. The van der Waals surface area contributed by atoms with Crippen molar-refractivity contribution in [3.8, 4) is 0 Å². The van der Waals surface area contributed by atoms with Crippen LogP contribution in [-0.2, 0) is 9.59 Å². The van der Waals surface area contributed by atoms with Crippen molar-refractivity contribution in [3.05, 3.63) is 54.6 Å². The van der Waals surface area contributed by atoms with Crippen molar-refractivity contribution in [2.45, 2.75) is 44.9 Å². The van der Waals surface area contributed by atoms with Crippen LogP contribution < -0.4 is 9.80 Å². The summed E-state index contributed by atoms with van der Waals surface area (Å²) in [6, 6.07) is 17.6. The van der Waals surface area contributed by atoms with E-state index in [1.165, 1.54) is 32.1 Å². The smallest absolute Gasteiger partial charge is 0.241 e. The maximum Gasteiger partial charge on any atom is 0.241 e. The summed E-state index contributed by atoms with van der Waals surface area (Å²) in [5.74, 6) is 4.18. The van der Waals surface area contributed by atoms with Gasteiger partial charge in [0.15, 0.2) is 0 Å². The van der Waals surface area contributed by atoms with Gasteiger partial charge >= 0.3 is 0 Å². The first kappa shape index (κ1) is 19.1. The van der Waals surface area contributed by atoms with E-state index in [2.05, 4.69) is 0 Å². The second-order valence-electron chi connectivity index (χ2n) is 10.2. The molecule has 4 nitrogen and oxygen atoms in total. The third-order valence-corrected chi connectivity index (χ3v) is 8.39. The summed E-state index contributed by atoms with van der Waals surface area (Å²) in [6.45, 7) is 0.721. The largest absolute Gasteiger partial charge is 0.310 e. The van der Waals surface area contributed by atoms with Crippen molar-refractivity contribution in [2.75, 3.05) is 16.3 Å². The van der Waals surface area contributed by atoms with Gasteiger partial charge in [-0.2, -0.15) is 0 Å². The number of benzene rings is 2. The zero-order chi connectivity index (χ0) is 20.9. The van der Waals surface area contributed by atoms with Crippen LogP contribution in [-0.4, -0.2) is 18.4 Å². The molecule has 0 saturated heterocycles. The Bertz CT molecular complexity index is 973. The summed E-state index contributed by atoms with van der Waals surface area (Å²) < 4.78 is 0. The maximum absolute atomic E-state index is 13.2. The molecule has 1 aliphatic heterocycles. The summed E-state index contributed by atoms with van der Waals surface area (Å²) in [7, 11) is 0. The molecule has 4 saturated carbocycles. The Morgan fingerprint density at radius 1 is 0.710 bits per heavy atom. The Balaban J connectivity index is 1.29. The van der Waals surface area contributed by atoms with E-state index < -0.39 is 0 Å². The molecule has 0 radical (unpaired) electrons. The van der Waals surface area contributed by atoms with Gasteiger partial charge in [0.25, 0.3) is 0 Å². The highest BCUT2D eigenvalue weighted by molar-refractivity contribution is 6.18. The van der Waals surface area contributed by atoms with Crippen molar-refractivity contribution in [3.63, 3.8) is 0 Å². The molecule has 2 aromatic carbocycles. The minimum Gasteiger partial charge on any atom is -0.310 e. The predicted octanol–water partition coefficient (Wildman–Crippen LogP) is 5.55. The zero-order valence-corrected chi connectivity index (χ0v) is 18.0. The zero-order valence-electron chi connectivity index (χ0n) is 18.0. The van der Waals surface area contributed by atoms with E-state index in [9.17, 15) is 9.59 Å². The lowest BCUT2D eigenvalue weighted by molar-refractivity contribution is -0.125. The van der Waals surface area contributed by atoms with Gasteiger partial charge in [-0.25, -0.2) is 0 Å². The van der Waals surface area contributed by atoms with Gasteiger partial charge in [-0.3, -0.25) is 14.5 Å². The molecule has 0 unspecified atom stereocenters. The number of nitrogens with zero attached hydrogens (tertiary/aromatic N) is 2. The molecule has 2 amide bonds. The average molecular weight is 415 g/mol. The summed E-state index contributed by atoms with van der Waals surface area (Å²) in [5.41, 5.74) is 2.50. The molecule has 4 aliphatic carbocycles. The highest BCUT2D eigenvalue weighted by atomic mass is 16.2. The minimum absolute atomic E-state index is 0.0697. The Morgan fingerprint density at radius 3 is 2.00 bits per heavy atom. The quantitative estimate of drug-likeness (QED) is 0.616. The first-order valence-electron chi connectivity index (χ1n) is 11.9.